The fourth-order valence-corrected chi connectivity index (χ4v) is 7.68. The van der Waals surface area contributed by atoms with Crippen molar-refractivity contribution in [1.29, 1.82) is 0 Å². The number of nitrogens with zero attached hydrogens (tertiary/aromatic N) is 8. The third-order valence-corrected chi connectivity index (χ3v) is 11.0. The molecule has 0 saturated carbocycles. The van der Waals surface area contributed by atoms with Crippen LogP contribution in [0.5, 0.6) is 0 Å². The molecule has 2 aliphatic rings. The van der Waals surface area contributed by atoms with Gasteiger partial charge in [-0.1, -0.05) is 48.5 Å². The molecular weight excluding hydrogens is 926 g/mol. The summed E-state index contributed by atoms with van der Waals surface area (Å²) in [5.41, 5.74) is 9.43. The van der Waals surface area contributed by atoms with Crippen molar-refractivity contribution < 1.29 is 38.7 Å². The van der Waals surface area contributed by atoms with Gasteiger partial charge >= 0.3 is 19.5 Å². The molecule has 13 heteroatoms. The summed E-state index contributed by atoms with van der Waals surface area (Å²) in [6.45, 7) is 0.807. The second-order valence-corrected chi connectivity index (χ2v) is 15.5. The quantitative estimate of drug-likeness (QED) is 0.0621. The number of hydrogen-bond acceptors (Lipinski definition) is 10. The van der Waals surface area contributed by atoms with Gasteiger partial charge in [-0.2, -0.15) is 0 Å². The first-order chi connectivity index (χ1) is 32.4. The van der Waals surface area contributed by atoms with Crippen molar-refractivity contribution in [2.45, 2.75) is 38.5 Å². The smallest absolute Gasteiger partial charge is 0.274 e. The van der Waals surface area contributed by atoms with E-state index in [9.17, 15) is 19.2 Å². The van der Waals surface area contributed by atoms with Gasteiger partial charge in [0.2, 0.25) is 0 Å². The molecule has 0 aliphatic carbocycles. The first-order valence-electron chi connectivity index (χ1n) is 21.9. The Hall–Kier alpha value is -7.76. The summed E-state index contributed by atoms with van der Waals surface area (Å²) in [6, 6.07) is 45.2. The maximum Gasteiger partial charge on any atom is 2.00 e. The molecule has 4 amide bonds. The second-order valence-electron chi connectivity index (χ2n) is 15.5. The largest absolute Gasteiger partial charge is 2.00 e. The van der Waals surface area contributed by atoms with Crippen LogP contribution in [0.3, 0.4) is 0 Å². The maximum absolute atomic E-state index is 12.6. The molecule has 0 atom stereocenters. The molecule has 0 saturated heterocycles. The molecule has 12 nitrogen and oxygen atoms in total. The van der Waals surface area contributed by atoms with Crippen LogP contribution < -0.4 is 0 Å². The zero-order chi connectivity index (χ0) is 45.5. The molecule has 332 valence electrons. The van der Waals surface area contributed by atoms with E-state index >= 15 is 0 Å². The number of carbonyl (C=O) groups is 4. The molecule has 6 aromatic heterocycles. The van der Waals surface area contributed by atoms with Crippen LogP contribution in [0.25, 0.3) is 34.2 Å². The summed E-state index contributed by atoms with van der Waals surface area (Å²) in [4.78, 5) is 78.8. The number of aryl methyl sites for hydroxylation is 2. The van der Waals surface area contributed by atoms with Gasteiger partial charge in [0.1, 0.15) is 0 Å². The number of benzene rings is 2. The maximum atomic E-state index is 12.6. The topological polar surface area (TPSA) is 152 Å². The van der Waals surface area contributed by atoms with E-state index in [1.165, 1.54) is 9.80 Å². The Balaban J connectivity index is 0.000000215. The first kappa shape index (κ1) is 47.2. The Morgan fingerprint density at radius 2 is 0.597 bits per heavy atom. The molecule has 2 aromatic carbocycles. The van der Waals surface area contributed by atoms with Crippen molar-refractivity contribution in [3.05, 3.63) is 216 Å². The number of amides is 4. The van der Waals surface area contributed by atoms with Crippen molar-refractivity contribution in [1.82, 2.24) is 39.7 Å². The molecule has 0 radical (unpaired) electrons. The third-order valence-electron chi connectivity index (χ3n) is 11.0. The summed E-state index contributed by atoms with van der Waals surface area (Å²) >= 11 is 0. The van der Waals surface area contributed by atoms with E-state index in [-0.39, 0.29) is 43.1 Å². The van der Waals surface area contributed by atoms with Gasteiger partial charge in [-0.05, 0) is 147 Å². The van der Waals surface area contributed by atoms with E-state index in [0.29, 0.717) is 35.3 Å². The van der Waals surface area contributed by atoms with E-state index in [1.807, 2.05) is 97.1 Å². The van der Waals surface area contributed by atoms with Gasteiger partial charge in [0.25, 0.3) is 23.6 Å². The standard InChI is InChI=1S/C34H30N4O4.2C10H8N2.Ru/c39-31-25-11-1-2-12-26(25)32(40)37(31)19-7-5-9-23-15-17-35-29(21-23)30-22-24(16-18-36-30)10-6-8-20-38-33(41)27-13-3-4-14-28(27)34(38)42;2*1-3-7-11-9(5-1)10-6-2-4-8-12-10;/h1-4,11-18,21-22H,5-10,19-20H2;2*1-8H;/q;;;+2. The molecule has 0 unspecified atom stereocenters. The van der Waals surface area contributed by atoms with Crippen molar-refractivity contribution in [2.24, 2.45) is 0 Å². The number of unbranched alkanes of at least 4 members (excludes halogenated alkanes) is 2. The van der Waals surface area contributed by atoms with Crippen molar-refractivity contribution in [3.63, 3.8) is 0 Å². The summed E-state index contributed by atoms with van der Waals surface area (Å²) in [5.74, 6) is -0.847. The van der Waals surface area contributed by atoms with Gasteiger partial charge in [0.05, 0.1) is 56.4 Å². The number of fused-ring (bicyclic) bond motifs is 2. The van der Waals surface area contributed by atoms with Crippen LogP contribution in [-0.4, -0.2) is 76.4 Å². The monoisotopic (exact) mass is 972 g/mol. The molecular formula is C54H46N8O4Ru+2. The number of aromatic nitrogens is 6. The Morgan fingerprint density at radius 3 is 0.881 bits per heavy atom. The average molecular weight is 972 g/mol. The normalized spacial score (nSPS) is 12.3. The fourth-order valence-electron chi connectivity index (χ4n) is 7.68. The minimum atomic E-state index is -0.212. The van der Waals surface area contributed by atoms with Crippen LogP contribution in [0.4, 0.5) is 0 Å². The van der Waals surface area contributed by atoms with Crippen molar-refractivity contribution in [2.75, 3.05) is 13.1 Å². The minimum absolute atomic E-state index is 0. The third kappa shape index (κ3) is 11.9. The number of imide groups is 2. The van der Waals surface area contributed by atoms with E-state index in [0.717, 1.165) is 83.8 Å². The molecule has 8 heterocycles. The van der Waals surface area contributed by atoms with Gasteiger partial charge in [0, 0.05) is 50.3 Å². The van der Waals surface area contributed by atoms with Crippen LogP contribution >= 0.6 is 0 Å². The first-order valence-corrected chi connectivity index (χ1v) is 21.9. The number of carbonyl (C=O) groups excluding carboxylic acids is 4. The number of rotatable bonds is 13. The molecule has 0 spiro atoms. The van der Waals surface area contributed by atoms with E-state index in [2.05, 4.69) is 29.9 Å². The van der Waals surface area contributed by atoms with Gasteiger partial charge in [-0.15, -0.1) is 0 Å². The van der Waals surface area contributed by atoms with Gasteiger partial charge in [-0.3, -0.25) is 58.9 Å². The summed E-state index contributed by atoms with van der Waals surface area (Å²) in [5, 5.41) is 0. The van der Waals surface area contributed by atoms with Crippen molar-refractivity contribution >= 4 is 23.6 Å². The minimum Gasteiger partial charge on any atom is -0.274 e. The fraction of sp³-hybridized carbons (Fsp3) is 0.148. The van der Waals surface area contributed by atoms with Gasteiger partial charge in [-0.25, -0.2) is 0 Å². The Bertz CT molecular complexity index is 2580. The van der Waals surface area contributed by atoms with Crippen LogP contribution in [0.15, 0.2) is 183 Å². The van der Waals surface area contributed by atoms with Crippen molar-refractivity contribution in [3.8, 4) is 34.2 Å². The molecule has 10 rings (SSSR count). The predicted molar refractivity (Wildman–Crippen MR) is 252 cm³/mol. The van der Waals surface area contributed by atoms with Crippen LogP contribution in [0.2, 0.25) is 0 Å². The molecule has 0 bridgehead atoms. The second kappa shape index (κ2) is 23.4. The molecule has 2 aliphatic heterocycles. The molecule has 0 N–H and O–H groups in total. The molecule has 0 fully saturated rings. The zero-order valence-corrected chi connectivity index (χ0v) is 38.3. The molecule has 67 heavy (non-hydrogen) atoms. The summed E-state index contributed by atoms with van der Waals surface area (Å²) in [6.07, 6.45) is 15.3. The zero-order valence-electron chi connectivity index (χ0n) is 36.5. The van der Waals surface area contributed by atoms with E-state index < -0.39 is 0 Å². The number of pyridine rings is 6. The number of hydrogen-bond donors (Lipinski definition) is 0. The SMILES string of the molecule is O=C1c2ccccc2C(=O)N1CCCCc1ccnc(-c2cc(CCCCN3C(=O)c4ccccc4C3=O)ccn2)c1.[Ru+2].c1ccc(-c2ccccn2)nc1.c1ccc(-c2ccccn2)nc1. The van der Waals surface area contributed by atoms with Gasteiger partial charge < -0.3 is 0 Å². The molecule has 8 aromatic rings. The summed E-state index contributed by atoms with van der Waals surface area (Å²) < 4.78 is 0. The Kier molecular flexibility index (Phi) is 16.5. The Morgan fingerprint density at radius 1 is 0.313 bits per heavy atom. The summed E-state index contributed by atoms with van der Waals surface area (Å²) in [7, 11) is 0. The Labute approximate surface area is 402 Å². The van der Waals surface area contributed by atoms with Crippen LogP contribution in [-0.2, 0) is 32.3 Å². The van der Waals surface area contributed by atoms with Crippen LogP contribution in [0.1, 0.15) is 78.2 Å². The van der Waals surface area contributed by atoms with Crippen LogP contribution in [0, 0.1) is 0 Å². The van der Waals surface area contributed by atoms with E-state index in [1.54, 1.807) is 85.7 Å². The predicted octanol–water partition coefficient (Wildman–Crippen LogP) is 9.67. The van der Waals surface area contributed by atoms with Gasteiger partial charge in [0.15, 0.2) is 0 Å². The average Bonchev–Trinajstić information content (AvgIpc) is 3.78. The van der Waals surface area contributed by atoms with E-state index in [4.69, 9.17) is 0 Å².